The molecule has 0 saturated carbocycles. The van der Waals surface area contributed by atoms with Crippen LogP contribution < -0.4 is 9.47 Å². The van der Waals surface area contributed by atoms with Gasteiger partial charge in [0, 0.05) is 13.5 Å². The molecule has 31 heavy (non-hydrogen) atoms. The van der Waals surface area contributed by atoms with Gasteiger partial charge in [0.2, 0.25) is 5.91 Å². The molecule has 0 radical (unpaired) electrons. The topological polar surface area (TPSA) is 56.6 Å². The predicted octanol–water partition coefficient (Wildman–Crippen LogP) is 4.84. The number of amides is 1. The Kier molecular flexibility index (Phi) is 6.26. The third-order valence-corrected chi connectivity index (χ3v) is 5.76. The van der Waals surface area contributed by atoms with E-state index < -0.39 is 0 Å². The van der Waals surface area contributed by atoms with Gasteiger partial charge in [-0.15, -0.1) is 0 Å². The summed E-state index contributed by atoms with van der Waals surface area (Å²) in [6.07, 6.45) is 5.95. The first-order chi connectivity index (χ1) is 15.1. The number of aromatic nitrogens is 2. The molecule has 1 aliphatic rings. The van der Waals surface area contributed by atoms with Crippen molar-refractivity contribution in [2.75, 3.05) is 20.3 Å². The van der Waals surface area contributed by atoms with Crippen molar-refractivity contribution in [1.82, 2.24) is 14.5 Å². The first-order valence-electron chi connectivity index (χ1n) is 10.8. The van der Waals surface area contributed by atoms with Crippen molar-refractivity contribution < 1.29 is 14.3 Å². The number of nitrogens with zero attached hydrogens (tertiary/aromatic N) is 3. The summed E-state index contributed by atoms with van der Waals surface area (Å²) in [5.41, 5.74) is 3.08. The lowest BCUT2D eigenvalue weighted by Gasteiger charge is -2.24. The molecule has 1 fully saturated rings. The predicted molar refractivity (Wildman–Crippen MR) is 122 cm³/mol. The molecule has 6 heteroatoms. The van der Waals surface area contributed by atoms with E-state index in [1.807, 2.05) is 60.4 Å². The highest BCUT2D eigenvalue weighted by molar-refractivity contribution is 5.77. The van der Waals surface area contributed by atoms with Gasteiger partial charge in [0.05, 0.1) is 30.7 Å². The summed E-state index contributed by atoms with van der Waals surface area (Å²) in [6.45, 7) is 5.52. The van der Waals surface area contributed by atoms with Crippen LogP contribution in [0.2, 0.25) is 0 Å². The summed E-state index contributed by atoms with van der Waals surface area (Å²) in [4.78, 5) is 19.0. The van der Waals surface area contributed by atoms with Gasteiger partial charge in [-0.2, -0.15) is 0 Å². The van der Waals surface area contributed by atoms with Crippen LogP contribution in [0.15, 0.2) is 48.5 Å². The van der Waals surface area contributed by atoms with Crippen molar-refractivity contribution in [3.8, 4) is 11.5 Å². The molecule has 1 unspecified atom stereocenters. The number of imidazole rings is 1. The Hall–Kier alpha value is -3.28. The lowest BCUT2D eigenvalue weighted by molar-refractivity contribution is -0.129. The standard InChI is InChI=1S/C25H29N3O3/c1-4-8-19-12-13-23(24(17-19)30-3)31-16-15-28-21-10-6-5-9-20(21)26-25(28)22-11-7-14-27(22)18(2)29/h4-6,8-10,12-13,17,22H,7,11,14-16H2,1-3H3/b8-4+. The number of benzene rings is 2. The van der Waals surface area contributed by atoms with Crippen LogP contribution in [0, 0.1) is 0 Å². The second-order valence-electron chi connectivity index (χ2n) is 7.74. The Bertz CT molecular complexity index is 1100. The fourth-order valence-electron chi connectivity index (χ4n) is 4.34. The molecule has 1 aromatic heterocycles. The number of carbonyl (C=O) groups is 1. The number of carbonyl (C=O) groups excluding carboxylic acids is 1. The highest BCUT2D eigenvalue weighted by atomic mass is 16.5. The van der Waals surface area contributed by atoms with E-state index in [1.54, 1.807) is 14.0 Å². The summed E-state index contributed by atoms with van der Waals surface area (Å²) in [6, 6.07) is 14.0. The van der Waals surface area contributed by atoms with Crippen LogP contribution in [-0.4, -0.2) is 40.6 Å². The normalized spacial score (nSPS) is 16.4. The van der Waals surface area contributed by atoms with Crippen LogP contribution >= 0.6 is 0 Å². The Morgan fingerprint density at radius 2 is 2.06 bits per heavy atom. The molecule has 3 aromatic rings. The number of rotatable bonds is 7. The molecular weight excluding hydrogens is 390 g/mol. The maximum atomic E-state index is 12.1. The van der Waals surface area contributed by atoms with E-state index in [0.717, 1.165) is 41.8 Å². The largest absolute Gasteiger partial charge is 0.493 e. The van der Waals surface area contributed by atoms with Gasteiger partial charge in [-0.3, -0.25) is 4.79 Å². The molecule has 0 N–H and O–H groups in total. The zero-order valence-electron chi connectivity index (χ0n) is 18.4. The smallest absolute Gasteiger partial charge is 0.220 e. The van der Waals surface area contributed by atoms with E-state index in [0.29, 0.717) is 24.7 Å². The number of fused-ring (bicyclic) bond motifs is 1. The molecule has 1 aliphatic heterocycles. The van der Waals surface area contributed by atoms with Crippen LogP contribution in [0.3, 0.4) is 0 Å². The molecule has 2 aromatic carbocycles. The van der Waals surface area contributed by atoms with Crippen LogP contribution in [0.5, 0.6) is 11.5 Å². The van der Waals surface area contributed by atoms with Crippen molar-refractivity contribution >= 4 is 23.0 Å². The van der Waals surface area contributed by atoms with Crippen molar-refractivity contribution in [1.29, 1.82) is 0 Å². The summed E-state index contributed by atoms with van der Waals surface area (Å²) < 4.78 is 13.8. The molecule has 0 aliphatic carbocycles. The van der Waals surface area contributed by atoms with E-state index in [1.165, 1.54) is 0 Å². The van der Waals surface area contributed by atoms with E-state index >= 15 is 0 Å². The molecule has 162 valence electrons. The Labute approximate surface area is 183 Å². The van der Waals surface area contributed by atoms with E-state index in [2.05, 4.69) is 10.6 Å². The minimum absolute atomic E-state index is 0.0135. The summed E-state index contributed by atoms with van der Waals surface area (Å²) in [7, 11) is 1.65. The molecule has 1 amide bonds. The van der Waals surface area contributed by atoms with Gasteiger partial charge >= 0.3 is 0 Å². The highest BCUT2D eigenvalue weighted by Crippen LogP contribution is 2.34. The minimum Gasteiger partial charge on any atom is -0.493 e. The van der Waals surface area contributed by atoms with Crippen molar-refractivity contribution in [3.05, 3.63) is 59.9 Å². The monoisotopic (exact) mass is 419 g/mol. The Morgan fingerprint density at radius 3 is 2.84 bits per heavy atom. The fourth-order valence-corrected chi connectivity index (χ4v) is 4.34. The minimum atomic E-state index is 0.0135. The van der Waals surface area contributed by atoms with Gasteiger partial charge in [0.1, 0.15) is 12.4 Å². The second kappa shape index (κ2) is 9.25. The molecule has 2 heterocycles. The Balaban J connectivity index is 1.58. The molecule has 4 rings (SSSR count). The number of para-hydroxylation sites is 2. The third kappa shape index (κ3) is 4.29. The number of likely N-dealkylation sites (tertiary alicyclic amines) is 1. The SMILES string of the molecule is C/C=C/c1ccc(OCCn2c(C3CCCN3C(C)=O)nc3ccccc32)c(OC)c1. The van der Waals surface area contributed by atoms with Gasteiger partial charge in [-0.1, -0.05) is 30.4 Å². The van der Waals surface area contributed by atoms with Crippen LogP contribution in [0.25, 0.3) is 17.1 Å². The van der Waals surface area contributed by atoms with Gasteiger partial charge in [-0.25, -0.2) is 4.98 Å². The quantitative estimate of drug-likeness (QED) is 0.550. The van der Waals surface area contributed by atoms with Gasteiger partial charge in [-0.05, 0) is 49.6 Å². The van der Waals surface area contributed by atoms with Crippen molar-refractivity contribution in [3.63, 3.8) is 0 Å². The highest BCUT2D eigenvalue weighted by Gasteiger charge is 2.32. The lowest BCUT2D eigenvalue weighted by atomic mass is 10.2. The third-order valence-electron chi connectivity index (χ3n) is 5.76. The van der Waals surface area contributed by atoms with E-state index in [4.69, 9.17) is 14.5 Å². The molecule has 0 bridgehead atoms. The number of allylic oxidation sites excluding steroid dienone is 1. The first kappa shape index (κ1) is 21.0. The average molecular weight is 420 g/mol. The van der Waals surface area contributed by atoms with Gasteiger partial charge in [0.15, 0.2) is 11.5 Å². The maximum Gasteiger partial charge on any atom is 0.220 e. The Morgan fingerprint density at radius 1 is 1.23 bits per heavy atom. The number of hydrogen-bond acceptors (Lipinski definition) is 4. The average Bonchev–Trinajstić information content (AvgIpc) is 3.40. The van der Waals surface area contributed by atoms with Crippen LogP contribution in [0.4, 0.5) is 0 Å². The number of ether oxygens (including phenoxy) is 2. The zero-order valence-corrected chi connectivity index (χ0v) is 18.4. The van der Waals surface area contributed by atoms with Gasteiger partial charge in [0.25, 0.3) is 0 Å². The molecule has 1 saturated heterocycles. The molecular formula is C25H29N3O3. The van der Waals surface area contributed by atoms with Crippen LogP contribution in [0.1, 0.15) is 44.1 Å². The summed E-state index contributed by atoms with van der Waals surface area (Å²) in [5.74, 6) is 2.47. The number of hydrogen-bond donors (Lipinski definition) is 0. The first-order valence-corrected chi connectivity index (χ1v) is 10.8. The van der Waals surface area contributed by atoms with Crippen LogP contribution in [-0.2, 0) is 11.3 Å². The van der Waals surface area contributed by atoms with Gasteiger partial charge < -0.3 is 18.9 Å². The molecule has 0 spiro atoms. The molecule has 1 atom stereocenters. The second-order valence-corrected chi connectivity index (χ2v) is 7.74. The van der Waals surface area contributed by atoms with E-state index in [9.17, 15) is 4.79 Å². The molecule has 6 nitrogen and oxygen atoms in total. The lowest BCUT2D eigenvalue weighted by Crippen LogP contribution is -2.30. The zero-order chi connectivity index (χ0) is 21.8. The van der Waals surface area contributed by atoms with E-state index in [-0.39, 0.29) is 11.9 Å². The summed E-state index contributed by atoms with van der Waals surface area (Å²) >= 11 is 0. The van der Waals surface area contributed by atoms with Crippen molar-refractivity contribution in [2.24, 2.45) is 0 Å². The summed E-state index contributed by atoms with van der Waals surface area (Å²) in [5, 5.41) is 0. The maximum absolute atomic E-state index is 12.1. The van der Waals surface area contributed by atoms with Crippen molar-refractivity contribution in [2.45, 2.75) is 39.3 Å². The number of methoxy groups -OCH3 is 1. The fraction of sp³-hybridized carbons (Fsp3) is 0.360.